The third kappa shape index (κ3) is 4.28. The van der Waals surface area contributed by atoms with E-state index in [1.54, 1.807) is 48.4 Å². The molecule has 2 aromatic rings. The van der Waals surface area contributed by atoms with Crippen LogP contribution in [0.5, 0.6) is 0 Å². The number of nitrogens with zero attached hydrogens (tertiary/aromatic N) is 2. The summed E-state index contributed by atoms with van der Waals surface area (Å²) in [5.74, 6) is 0.575. The molecule has 0 aliphatic carbocycles. The average molecular weight is 440 g/mol. The number of halogens is 2. The molecule has 25 heavy (non-hydrogen) atoms. The molecule has 2 heterocycles. The Balaban J connectivity index is 1.76. The van der Waals surface area contributed by atoms with Gasteiger partial charge in [0, 0.05) is 23.8 Å². The molecule has 0 radical (unpaired) electrons. The highest BCUT2D eigenvalue weighted by Gasteiger charge is 2.29. The maximum Gasteiger partial charge on any atom is 0.274 e. The van der Waals surface area contributed by atoms with Gasteiger partial charge >= 0.3 is 0 Å². The summed E-state index contributed by atoms with van der Waals surface area (Å²) in [4.78, 5) is 18.0. The summed E-state index contributed by atoms with van der Waals surface area (Å²) in [5.41, 5.74) is 1.11. The molecule has 1 aromatic carbocycles. The molecule has 0 unspecified atom stereocenters. The van der Waals surface area contributed by atoms with Crippen molar-refractivity contribution in [1.29, 1.82) is 0 Å². The molecule has 1 amide bonds. The summed E-state index contributed by atoms with van der Waals surface area (Å²) in [7, 11) is 1.71. The minimum absolute atomic E-state index is 0.200. The van der Waals surface area contributed by atoms with Crippen molar-refractivity contribution < 1.29 is 9.21 Å². The zero-order valence-corrected chi connectivity index (χ0v) is 16.1. The number of nitrogens with one attached hydrogen (secondary N) is 2. The lowest BCUT2D eigenvalue weighted by atomic mass is 10.3. The molecule has 128 valence electrons. The largest absolute Gasteiger partial charge is 0.450 e. The van der Waals surface area contributed by atoms with Crippen molar-refractivity contribution in [2.45, 2.75) is 0 Å². The van der Waals surface area contributed by atoms with Gasteiger partial charge in [-0.15, -0.1) is 0 Å². The van der Waals surface area contributed by atoms with Crippen LogP contribution in [-0.4, -0.2) is 28.9 Å². The van der Waals surface area contributed by atoms with Crippen molar-refractivity contribution >= 4 is 68.5 Å². The van der Waals surface area contributed by atoms with E-state index in [4.69, 9.17) is 28.2 Å². The molecule has 1 aromatic heterocycles. The summed E-state index contributed by atoms with van der Waals surface area (Å²) in [6.45, 7) is 0. The minimum Gasteiger partial charge on any atom is -0.450 e. The van der Waals surface area contributed by atoms with E-state index < -0.39 is 0 Å². The molecule has 6 nitrogen and oxygen atoms in total. The van der Waals surface area contributed by atoms with Crippen LogP contribution in [0.3, 0.4) is 0 Å². The lowest BCUT2D eigenvalue weighted by Gasteiger charge is -2.11. The number of aliphatic imine (C=N–C) groups is 1. The monoisotopic (exact) mass is 438 g/mol. The van der Waals surface area contributed by atoms with E-state index in [-0.39, 0.29) is 11.0 Å². The normalized spacial score (nSPS) is 17.2. The number of carbonyl (C=O) groups excluding carboxylic acids is 1. The van der Waals surface area contributed by atoms with E-state index in [0.717, 1.165) is 0 Å². The molecule has 0 atom stereocenters. The summed E-state index contributed by atoms with van der Waals surface area (Å²) in [6.07, 6.45) is 1.62. The number of thiocarbonyl (C=S) groups is 1. The lowest BCUT2D eigenvalue weighted by molar-refractivity contribution is -0.115. The lowest BCUT2D eigenvalue weighted by Crippen LogP contribution is -2.29. The maximum atomic E-state index is 12.2. The number of amides is 1. The summed E-state index contributed by atoms with van der Waals surface area (Å²) in [6, 6.07) is 10.6. The first-order valence-corrected chi connectivity index (χ1v) is 8.67. The van der Waals surface area contributed by atoms with E-state index in [1.165, 1.54) is 0 Å². The van der Waals surface area contributed by atoms with Gasteiger partial charge in [-0.3, -0.25) is 10.1 Å². The number of likely N-dealkylation sites (N-methyl/N-ethyl adjacent to an activating group) is 1. The van der Waals surface area contributed by atoms with Crippen molar-refractivity contribution in [3.05, 3.63) is 57.5 Å². The first-order valence-electron chi connectivity index (χ1n) is 7.10. The van der Waals surface area contributed by atoms with Gasteiger partial charge in [0.15, 0.2) is 4.67 Å². The third-order valence-electron chi connectivity index (χ3n) is 3.29. The highest BCUT2D eigenvalue weighted by molar-refractivity contribution is 9.10. The number of rotatable bonds is 2. The molecule has 3 rings (SSSR count). The number of furan rings is 1. The Morgan fingerprint density at radius 3 is 2.92 bits per heavy atom. The van der Waals surface area contributed by atoms with Crippen LogP contribution in [0.2, 0.25) is 5.02 Å². The fraction of sp³-hybridized carbons (Fsp3) is 0.0625. The van der Waals surface area contributed by atoms with E-state index in [0.29, 0.717) is 32.8 Å². The van der Waals surface area contributed by atoms with Gasteiger partial charge in [0.2, 0.25) is 11.1 Å². The Morgan fingerprint density at radius 1 is 1.44 bits per heavy atom. The van der Waals surface area contributed by atoms with Gasteiger partial charge in [-0.25, -0.2) is 0 Å². The SMILES string of the molecule is CN1/C(=C\c2ccc(Br)o2)C(=O)N/C1=N\C(=S)Nc1cccc(Cl)c1. The van der Waals surface area contributed by atoms with Crippen LogP contribution in [0.15, 0.2) is 56.2 Å². The fourth-order valence-electron chi connectivity index (χ4n) is 2.14. The third-order valence-corrected chi connectivity index (χ3v) is 4.15. The Hall–Kier alpha value is -2.16. The van der Waals surface area contributed by atoms with Crippen molar-refractivity contribution in [3.8, 4) is 0 Å². The van der Waals surface area contributed by atoms with E-state index >= 15 is 0 Å². The molecule has 1 fully saturated rings. The van der Waals surface area contributed by atoms with Crippen molar-refractivity contribution in [2.75, 3.05) is 12.4 Å². The second kappa shape index (κ2) is 7.38. The minimum atomic E-state index is -0.292. The maximum absolute atomic E-state index is 12.2. The molecular formula is C16H12BrClN4O2S. The van der Waals surface area contributed by atoms with Gasteiger partial charge in [0.1, 0.15) is 11.5 Å². The van der Waals surface area contributed by atoms with Gasteiger partial charge < -0.3 is 14.6 Å². The average Bonchev–Trinajstić information content (AvgIpc) is 3.06. The zero-order chi connectivity index (χ0) is 18.0. The first kappa shape index (κ1) is 17.7. The predicted octanol–water partition coefficient (Wildman–Crippen LogP) is 3.85. The highest BCUT2D eigenvalue weighted by Crippen LogP contribution is 2.20. The smallest absolute Gasteiger partial charge is 0.274 e. The van der Waals surface area contributed by atoms with Crippen LogP contribution in [0.1, 0.15) is 5.76 Å². The Labute approximate surface area is 162 Å². The number of guanidine groups is 1. The topological polar surface area (TPSA) is 69.9 Å². The molecule has 2 N–H and O–H groups in total. The summed E-state index contributed by atoms with van der Waals surface area (Å²) in [5, 5.41) is 6.41. The molecular weight excluding hydrogens is 428 g/mol. The van der Waals surface area contributed by atoms with Crippen molar-refractivity contribution in [2.24, 2.45) is 4.99 Å². The van der Waals surface area contributed by atoms with Gasteiger partial charge in [-0.05, 0) is 58.5 Å². The van der Waals surface area contributed by atoms with Crippen LogP contribution in [0, 0.1) is 0 Å². The number of anilines is 1. The van der Waals surface area contributed by atoms with Gasteiger partial charge in [-0.2, -0.15) is 4.99 Å². The van der Waals surface area contributed by atoms with Crippen LogP contribution in [0.25, 0.3) is 6.08 Å². The Morgan fingerprint density at radius 2 is 2.24 bits per heavy atom. The highest BCUT2D eigenvalue weighted by atomic mass is 79.9. The number of carbonyl (C=O) groups is 1. The van der Waals surface area contributed by atoms with Crippen molar-refractivity contribution in [1.82, 2.24) is 10.2 Å². The predicted molar refractivity (Wildman–Crippen MR) is 105 cm³/mol. The Bertz CT molecular complexity index is 909. The van der Waals surface area contributed by atoms with Crippen LogP contribution in [0.4, 0.5) is 5.69 Å². The number of hydrogen-bond acceptors (Lipinski definition) is 3. The summed E-state index contributed by atoms with van der Waals surface area (Å²) >= 11 is 14.4. The Kier molecular flexibility index (Phi) is 5.22. The van der Waals surface area contributed by atoms with Crippen LogP contribution in [-0.2, 0) is 4.79 Å². The van der Waals surface area contributed by atoms with E-state index in [1.807, 2.05) is 6.07 Å². The molecule has 1 aliphatic rings. The molecule has 1 saturated heterocycles. The standard InChI is InChI=1S/C16H12BrClN4O2S/c1-22-12(8-11-5-6-13(17)24-11)14(23)20-15(22)21-16(25)19-10-4-2-3-9(18)7-10/h2-8H,1H3,(H2,19,20,21,23,25)/b12-8-. The fourth-order valence-corrected chi connectivity index (χ4v) is 2.85. The second-order valence-corrected chi connectivity index (χ2v) is 6.67. The molecule has 0 bridgehead atoms. The zero-order valence-electron chi connectivity index (χ0n) is 12.9. The number of benzene rings is 1. The van der Waals surface area contributed by atoms with E-state index in [9.17, 15) is 4.79 Å². The van der Waals surface area contributed by atoms with Crippen LogP contribution >= 0.6 is 39.7 Å². The molecule has 1 aliphatic heterocycles. The van der Waals surface area contributed by atoms with Gasteiger partial charge in [0.05, 0.1) is 0 Å². The summed E-state index contributed by atoms with van der Waals surface area (Å²) < 4.78 is 5.98. The molecule has 9 heteroatoms. The second-order valence-electron chi connectivity index (χ2n) is 5.06. The van der Waals surface area contributed by atoms with Crippen molar-refractivity contribution in [3.63, 3.8) is 0 Å². The number of hydrogen-bond donors (Lipinski definition) is 2. The van der Waals surface area contributed by atoms with Gasteiger partial charge in [0.25, 0.3) is 5.91 Å². The quantitative estimate of drug-likeness (QED) is 0.549. The van der Waals surface area contributed by atoms with Crippen LogP contribution < -0.4 is 10.6 Å². The first-order chi connectivity index (χ1) is 11.9. The van der Waals surface area contributed by atoms with E-state index in [2.05, 4.69) is 31.6 Å². The molecule has 0 saturated carbocycles. The molecule has 0 spiro atoms. The van der Waals surface area contributed by atoms with Gasteiger partial charge in [-0.1, -0.05) is 17.7 Å².